The molecule has 3 aromatic carbocycles. The summed E-state index contributed by atoms with van der Waals surface area (Å²) < 4.78 is 47.0. The molecule has 0 saturated carbocycles. The van der Waals surface area contributed by atoms with Gasteiger partial charge in [-0.15, -0.1) is 13.2 Å². The van der Waals surface area contributed by atoms with Gasteiger partial charge in [0, 0.05) is 11.3 Å². The highest BCUT2D eigenvalue weighted by Gasteiger charge is 2.47. The fourth-order valence-electron chi connectivity index (χ4n) is 4.08. The van der Waals surface area contributed by atoms with E-state index in [1.54, 1.807) is 42.5 Å². The zero-order chi connectivity index (χ0) is 26.2. The van der Waals surface area contributed by atoms with Gasteiger partial charge in [-0.05, 0) is 73.0 Å². The second-order valence-corrected chi connectivity index (χ2v) is 8.29. The number of methoxy groups -OCH3 is 1. The molecule has 1 amide bonds. The normalized spacial score (nSPS) is 17.4. The van der Waals surface area contributed by atoms with Crippen LogP contribution in [0, 0.1) is 13.8 Å². The molecule has 1 heterocycles. The number of aryl methyl sites for hydroxylation is 2. The van der Waals surface area contributed by atoms with Crippen LogP contribution >= 0.6 is 0 Å². The summed E-state index contributed by atoms with van der Waals surface area (Å²) >= 11 is 0. The molecule has 0 spiro atoms. The van der Waals surface area contributed by atoms with Gasteiger partial charge in [0.15, 0.2) is 0 Å². The number of alkyl halides is 3. The van der Waals surface area contributed by atoms with Crippen molar-refractivity contribution in [3.8, 4) is 11.5 Å². The minimum absolute atomic E-state index is 0.146. The lowest BCUT2D eigenvalue weighted by Crippen LogP contribution is -2.29. The number of carbonyl (C=O) groups is 2. The molecule has 1 saturated heterocycles. The van der Waals surface area contributed by atoms with Crippen LogP contribution in [-0.4, -0.2) is 30.3 Å². The summed E-state index contributed by atoms with van der Waals surface area (Å²) in [6, 6.07) is 15.3. The van der Waals surface area contributed by atoms with Crippen molar-refractivity contribution >= 4 is 23.1 Å². The number of hydrogen-bond acceptors (Lipinski definition) is 5. The molecule has 0 aromatic heterocycles. The largest absolute Gasteiger partial charge is 0.573 e. The van der Waals surface area contributed by atoms with Gasteiger partial charge in [-0.1, -0.05) is 24.3 Å². The monoisotopic (exact) mass is 497 g/mol. The van der Waals surface area contributed by atoms with Crippen LogP contribution < -0.4 is 14.4 Å². The van der Waals surface area contributed by atoms with E-state index in [-0.39, 0.29) is 17.0 Å². The Bertz CT molecular complexity index is 1360. The van der Waals surface area contributed by atoms with Crippen molar-refractivity contribution in [3.63, 3.8) is 0 Å². The third kappa shape index (κ3) is 4.77. The van der Waals surface area contributed by atoms with E-state index in [0.717, 1.165) is 28.2 Å². The van der Waals surface area contributed by atoms with E-state index in [4.69, 9.17) is 4.74 Å². The second-order valence-electron chi connectivity index (χ2n) is 8.29. The van der Waals surface area contributed by atoms with E-state index in [1.807, 2.05) is 13.8 Å². The van der Waals surface area contributed by atoms with Crippen LogP contribution in [0.2, 0.25) is 0 Å². The maximum atomic E-state index is 13.2. The molecule has 1 N–H and O–H groups in total. The number of halogens is 3. The number of benzene rings is 3. The lowest BCUT2D eigenvalue weighted by molar-refractivity contribution is -0.274. The Morgan fingerprint density at radius 2 is 1.61 bits per heavy atom. The molecule has 0 bridgehead atoms. The molecule has 1 aliphatic rings. The predicted molar refractivity (Wildman–Crippen MR) is 127 cm³/mol. The van der Waals surface area contributed by atoms with Crippen molar-refractivity contribution in [1.29, 1.82) is 0 Å². The van der Waals surface area contributed by atoms with E-state index in [2.05, 4.69) is 4.74 Å². The van der Waals surface area contributed by atoms with Crippen LogP contribution in [0.5, 0.6) is 11.5 Å². The Kier molecular flexibility index (Phi) is 6.49. The first-order valence-corrected chi connectivity index (χ1v) is 10.9. The zero-order valence-electron chi connectivity index (χ0n) is 19.6. The summed E-state index contributed by atoms with van der Waals surface area (Å²) in [7, 11) is 1.46. The third-order valence-corrected chi connectivity index (χ3v) is 5.98. The fourth-order valence-corrected chi connectivity index (χ4v) is 4.08. The van der Waals surface area contributed by atoms with Gasteiger partial charge in [-0.2, -0.15) is 0 Å². The molecule has 186 valence electrons. The summed E-state index contributed by atoms with van der Waals surface area (Å²) in [5.74, 6) is -2.23. The average molecular weight is 497 g/mol. The third-order valence-electron chi connectivity index (χ3n) is 5.98. The molecule has 0 aliphatic carbocycles. The Labute approximate surface area is 205 Å². The van der Waals surface area contributed by atoms with Crippen molar-refractivity contribution in [2.45, 2.75) is 26.3 Å². The molecule has 9 heteroatoms. The number of Topliss-reactive ketones (excluding diaryl/α,β-unsaturated/α-hetero) is 1. The number of hydrogen-bond donors (Lipinski definition) is 1. The highest BCUT2D eigenvalue weighted by Crippen LogP contribution is 2.43. The minimum Gasteiger partial charge on any atom is -0.507 e. The fraction of sp³-hybridized carbons (Fsp3) is 0.185. The molecule has 3 aromatic rings. The summed E-state index contributed by atoms with van der Waals surface area (Å²) in [4.78, 5) is 27.6. The van der Waals surface area contributed by atoms with E-state index >= 15 is 0 Å². The van der Waals surface area contributed by atoms with Crippen LogP contribution in [0.25, 0.3) is 5.76 Å². The van der Waals surface area contributed by atoms with Gasteiger partial charge in [-0.3, -0.25) is 14.5 Å². The number of ketones is 1. The number of ether oxygens (including phenoxy) is 2. The molecule has 4 rings (SSSR count). The van der Waals surface area contributed by atoms with Crippen LogP contribution in [0.1, 0.15) is 28.3 Å². The maximum Gasteiger partial charge on any atom is 0.573 e. The molecular weight excluding hydrogens is 475 g/mol. The van der Waals surface area contributed by atoms with Gasteiger partial charge >= 0.3 is 6.36 Å². The van der Waals surface area contributed by atoms with Gasteiger partial charge in [0.2, 0.25) is 0 Å². The smallest absolute Gasteiger partial charge is 0.507 e. The molecule has 1 aliphatic heterocycles. The number of anilines is 1. The molecule has 6 nitrogen and oxygen atoms in total. The van der Waals surface area contributed by atoms with Gasteiger partial charge in [0.05, 0.1) is 18.7 Å². The van der Waals surface area contributed by atoms with Crippen LogP contribution in [0.3, 0.4) is 0 Å². The summed E-state index contributed by atoms with van der Waals surface area (Å²) in [6.07, 6.45) is -4.88. The first-order chi connectivity index (χ1) is 17.0. The molecule has 1 unspecified atom stereocenters. The lowest BCUT2D eigenvalue weighted by atomic mass is 9.94. The molecule has 1 fully saturated rings. The Balaban J connectivity index is 1.88. The predicted octanol–water partition coefficient (Wildman–Crippen LogP) is 5.84. The van der Waals surface area contributed by atoms with Gasteiger partial charge in [0.25, 0.3) is 11.7 Å². The van der Waals surface area contributed by atoms with E-state index in [9.17, 15) is 27.9 Å². The van der Waals surface area contributed by atoms with Crippen LogP contribution in [0.15, 0.2) is 72.3 Å². The van der Waals surface area contributed by atoms with E-state index < -0.39 is 29.8 Å². The molecule has 0 radical (unpaired) electrons. The first kappa shape index (κ1) is 24.8. The zero-order valence-corrected chi connectivity index (χ0v) is 19.6. The Hall–Kier alpha value is -4.27. The topological polar surface area (TPSA) is 76.1 Å². The Morgan fingerprint density at radius 1 is 0.917 bits per heavy atom. The summed E-state index contributed by atoms with van der Waals surface area (Å²) in [5.41, 5.74) is 2.70. The summed E-state index contributed by atoms with van der Waals surface area (Å²) in [5, 5.41) is 11.2. The van der Waals surface area contributed by atoms with Crippen molar-refractivity contribution in [2.75, 3.05) is 12.0 Å². The number of aliphatic hydroxyl groups excluding tert-OH is 1. The highest BCUT2D eigenvalue weighted by molar-refractivity contribution is 6.51. The van der Waals surface area contributed by atoms with Gasteiger partial charge in [0.1, 0.15) is 17.3 Å². The second kappa shape index (κ2) is 9.41. The van der Waals surface area contributed by atoms with Crippen molar-refractivity contribution in [3.05, 3.63) is 94.6 Å². The number of rotatable bonds is 5. The van der Waals surface area contributed by atoms with E-state index in [0.29, 0.717) is 16.9 Å². The number of nitrogens with zero attached hydrogens (tertiary/aromatic N) is 1. The summed E-state index contributed by atoms with van der Waals surface area (Å²) in [6.45, 7) is 3.76. The first-order valence-electron chi connectivity index (χ1n) is 10.9. The molecule has 1 atom stereocenters. The quantitative estimate of drug-likeness (QED) is 0.272. The van der Waals surface area contributed by atoms with E-state index in [1.165, 1.54) is 19.2 Å². The lowest BCUT2D eigenvalue weighted by Gasteiger charge is -2.26. The van der Waals surface area contributed by atoms with Gasteiger partial charge in [-0.25, -0.2) is 0 Å². The molecule has 36 heavy (non-hydrogen) atoms. The Morgan fingerprint density at radius 3 is 2.22 bits per heavy atom. The van der Waals surface area contributed by atoms with Crippen molar-refractivity contribution < 1.29 is 37.3 Å². The standard InChI is InChI=1S/C27H22F3NO5/c1-15-7-8-18(13-16(15)2)24(32)22-23(17-5-4-6-21(14-17)35-3)31(26(34)25(22)33)19-9-11-20(12-10-19)36-27(28,29)30/h4-14,23,32H,1-3H3/b24-22-. The number of carbonyl (C=O) groups excluding carboxylic acids is 2. The number of aliphatic hydroxyl groups is 1. The van der Waals surface area contributed by atoms with Crippen molar-refractivity contribution in [1.82, 2.24) is 0 Å². The average Bonchev–Trinajstić information content (AvgIpc) is 3.10. The van der Waals surface area contributed by atoms with Crippen LogP contribution in [-0.2, 0) is 9.59 Å². The maximum absolute atomic E-state index is 13.2. The van der Waals surface area contributed by atoms with Crippen molar-refractivity contribution in [2.24, 2.45) is 0 Å². The molecular formula is C27H22F3NO5. The SMILES string of the molecule is COc1cccc(C2/C(=C(/O)c3ccc(C)c(C)c3)C(=O)C(=O)N2c2ccc(OC(F)(F)F)cc2)c1. The highest BCUT2D eigenvalue weighted by atomic mass is 19.4. The van der Waals surface area contributed by atoms with Gasteiger partial charge < -0.3 is 14.6 Å². The minimum atomic E-state index is -4.88. The number of amides is 1. The van der Waals surface area contributed by atoms with Crippen LogP contribution in [0.4, 0.5) is 18.9 Å².